The second-order valence-corrected chi connectivity index (χ2v) is 6.88. The number of rotatable bonds is 4. The first-order chi connectivity index (χ1) is 11.1. The molecule has 1 saturated heterocycles. The second-order valence-electron chi connectivity index (χ2n) is 6.88. The molecule has 4 unspecified atom stereocenters. The van der Waals surface area contributed by atoms with E-state index >= 15 is 0 Å². The molecule has 0 bridgehead atoms. The molecular weight excluding hydrogens is 292 g/mol. The van der Waals surface area contributed by atoms with E-state index in [0.29, 0.717) is 12.5 Å². The zero-order valence-corrected chi connectivity index (χ0v) is 13.8. The minimum Gasteiger partial charge on any atom is -0.489 e. The van der Waals surface area contributed by atoms with E-state index in [-0.39, 0.29) is 29.9 Å². The monoisotopic (exact) mass is 318 g/mol. The van der Waals surface area contributed by atoms with Crippen molar-refractivity contribution in [2.24, 2.45) is 17.6 Å². The van der Waals surface area contributed by atoms with Crippen LogP contribution in [0.2, 0.25) is 0 Å². The number of nitrogens with zero attached hydrogens (tertiary/aromatic N) is 1. The van der Waals surface area contributed by atoms with Crippen LogP contribution in [0, 0.1) is 11.8 Å². The molecule has 4 N–H and O–H groups in total. The van der Waals surface area contributed by atoms with Gasteiger partial charge in [-0.15, -0.1) is 0 Å². The van der Waals surface area contributed by atoms with Crippen LogP contribution >= 0.6 is 0 Å². The van der Waals surface area contributed by atoms with Gasteiger partial charge in [-0.05, 0) is 56.6 Å². The molecule has 1 saturated carbocycles. The molecule has 0 radical (unpaired) electrons. The number of amides is 1. The third-order valence-corrected chi connectivity index (χ3v) is 4.97. The maximum Gasteiger partial charge on any atom is 0.237 e. The van der Waals surface area contributed by atoms with Crippen LogP contribution in [0.5, 0.6) is 5.75 Å². The van der Waals surface area contributed by atoms with Gasteiger partial charge in [-0.25, -0.2) is 5.43 Å². The van der Waals surface area contributed by atoms with E-state index in [2.05, 4.69) is 21.9 Å². The highest BCUT2D eigenvalue weighted by molar-refractivity contribution is 5.79. The molecule has 2 heterocycles. The van der Waals surface area contributed by atoms with Crippen molar-refractivity contribution in [1.29, 1.82) is 0 Å². The third-order valence-electron chi connectivity index (χ3n) is 4.97. The van der Waals surface area contributed by atoms with E-state index in [0.717, 1.165) is 25.0 Å². The minimum absolute atomic E-state index is 0.0732. The summed E-state index contributed by atoms with van der Waals surface area (Å²) in [5.41, 5.74) is 12.9. The highest BCUT2D eigenvalue weighted by Crippen LogP contribution is 2.42. The number of hydrogen-bond acceptors (Lipinski definition) is 5. The molecule has 2 aliphatic rings. The van der Waals surface area contributed by atoms with Gasteiger partial charge in [0, 0.05) is 24.7 Å². The van der Waals surface area contributed by atoms with Gasteiger partial charge in [-0.3, -0.25) is 15.2 Å². The molecule has 6 nitrogen and oxygen atoms in total. The lowest BCUT2D eigenvalue weighted by Gasteiger charge is -2.43. The predicted molar refractivity (Wildman–Crippen MR) is 87.7 cm³/mol. The predicted octanol–water partition coefficient (Wildman–Crippen LogP) is 1.33. The first-order valence-electron chi connectivity index (χ1n) is 8.45. The van der Waals surface area contributed by atoms with Gasteiger partial charge in [0.2, 0.25) is 5.91 Å². The molecule has 2 fully saturated rings. The van der Waals surface area contributed by atoms with Gasteiger partial charge in [-0.2, -0.15) is 0 Å². The van der Waals surface area contributed by atoms with Crippen LogP contribution in [0.25, 0.3) is 0 Å². The summed E-state index contributed by atoms with van der Waals surface area (Å²) in [5.74, 6) is 1.68. The van der Waals surface area contributed by atoms with Crippen molar-refractivity contribution in [1.82, 2.24) is 15.8 Å². The molecule has 1 aromatic heterocycles. The Morgan fingerprint density at radius 3 is 2.96 bits per heavy atom. The van der Waals surface area contributed by atoms with E-state index in [1.807, 2.05) is 20.0 Å². The van der Waals surface area contributed by atoms with E-state index in [4.69, 9.17) is 10.5 Å². The fourth-order valence-corrected chi connectivity index (χ4v) is 3.87. The van der Waals surface area contributed by atoms with Crippen molar-refractivity contribution in [3.05, 3.63) is 24.0 Å². The Balaban J connectivity index is 1.76. The molecule has 3 rings (SSSR count). The summed E-state index contributed by atoms with van der Waals surface area (Å²) in [7, 11) is 0. The quantitative estimate of drug-likeness (QED) is 0.779. The van der Waals surface area contributed by atoms with Crippen molar-refractivity contribution in [3.63, 3.8) is 0 Å². The molecule has 1 amide bonds. The van der Waals surface area contributed by atoms with Crippen molar-refractivity contribution < 1.29 is 9.53 Å². The summed E-state index contributed by atoms with van der Waals surface area (Å²) in [6.07, 6.45) is 6.67. The second kappa shape index (κ2) is 6.84. The normalized spacial score (nSPS) is 30.7. The lowest BCUT2D eigenvalue weighted by atomic mass is 9.68. The summed E-state index contributed by atoms with van der Waals surface area (Å²) in [6, 6.07) is 2.23. The average molecular weight is 318 g/mol. The van der Waals surface area contributed by atoms with E-state index in [1.54, 1.807) is 6.20 Å². The number of fused-ring (bicyclic) bond motifs is 1. The van der Waals surface area contributed by atoms with Crippen LogP contribution in [0.4, 0.5) is 0 Å². The Kier molecular flexibility index (Phi) is 4.82. The SMILES string of the molecule is CC(C)Oc1cncc(C2CCC3C(=O)NNC(CN)C3C2)c1. The summed E-state index contributed by atoms with van der Waals surface area (Å²) >= 11 is 0. The Bertz CT molecular complexity index is 563. The zero-order chi connectivity index (χ0) is 16.4. The van der Waals surface area contributed by atoms with Gasteiger partial charge in [-0.1, -0.05) is 0 Å². The van der Waals surface area contributed by atoms with Crippen molar-refractivity contribution in [3.8, 4) is 5.75 Å². The van der Waals surface area contributed by atoms with Crippen LogP contribution in [-0.2, 0) is 4.79 Å². The summed E-state index contributed by atoms with van der Waals surface area (Å²) in [5, 5.41) is 0. The number of nitrogens with one attached hydrogen (secondary N) is 2. The van der Waals surface area contributed by atoms with Crippen LogP contribution in [0.1, 0.15) is 44.6 Å². The van der Waals surface area contributed by atoms with Gasteiger partial charge in [0.1, 0.15) is 5.75 Å². The fourth-order valence-electron chi connectivity index (χ4n) is 3.87. The molecule has 0 aromatic carbocycles. The first kappa shape index (κ1) is 16.2. The van der Waals surface area contributed by atoms with Crippen LogP contribution < -0.4 is 21.3 Å². The molecule has 1 aliphatic heterocycles. The lowest BCUT2D eigenvalue weighted by molar-refractivity contribution is -0.133. The van der Waals surface area contributed by atoms with Crippen LogP contribution in [0.15, 0.2) is 18.5 Å². The molecule has 0 spiro atoms. The number of aromatic nitrogens is 1. The Morgan fingerprint density at radius 1 is 1.39 bits per heavy atom. The van der Waals surface area contributed by atoms with Crippen molar-refractivity contribution in [2.45, 2.75) is 51.2 Å². The van der Waals surface area contributed by atoms with E-state index in [9.17, 15) is 4.79 Å². The molecule has 126 valence electrons. The van der Waals surface area contributed by atoms with E-state index < -0.39 is 0 Å². The molecule has 1 aliphatic carbocycles. The topological polar surface area (TPSA) is 89.3 Å². The number of carbonyl (C=O) groups excluding carboxylic acids is 1. The summed E-state index contributed by atoms with van der Waals surface area (Å²) < 4.78 is 5.75. The average Bonchev–Trinajstić information content (AvgIpc) is 2.54. The number of hydrazine groups is 1. The third kappa shape index (κ3) is 3.48. The number of nitrogens with two attached hydrogens (primary N) is 1. The van der Waals surface area contributed by atoms with Gasteiger partial charge in [0.25, 0.3) is 0 Å². The molecule has 1 aromatic rings. The number of hydrogen-bond donors (Lipinski definition) is 3. The Hall–Kier alpha value is -1.66. The molecule has 4 atom stereocenters. The number of pyridine rings is 1. The molecule has 23 heavy (non-hydrogen) atoms. The van der Waals surface area contributed by atoms with Crippen molar-refractivity contribution in [2.75, 3.05) is 6.54 Å². The molecular formula is C17H26N4O2. The smallest absolute Gasteiger partial charge is 0.237 e. The lowest BCUT2D eigenvalue weighted by Crippen LogP contribution is -2.62. The van der Waals surface area contributed by atoms with Gasteiger partial charge in [0.15, 0.2) is 0 Å². The first-order valence-corrected chi connectivity index (χ1v) is 8.45. The largest absolute Gasteiger partial charge is 0.489 e. The number of ether oxygens (including phenoxy) is 1. The maximum atomic E-state index is 12.1. The van der Waals surface area contributed by atoms with Crippen LogP contribution in [0.3, 0.4) is 0 Å². The van der Waals surface area contributed by atoms with E-state index in [1.165, 1.54) is 5.56 Å². The maximum absolute atomic E-state index is 12.1. The summed E-state index contributed by atoms with van der Waals surface area (Å²) in [6.45, 7) is 4.55. The minimum atomic E-state index is 0.0732. The zero-order valence-electron chi connectivity index (χ0n) is 13.8. The van der Waals surface area contributed by atoms with Gasteiger partial charge < -0.3 is 10.5 Å². The standard InChI is InChI=1S/C17H26N4O2/c1-10(2)23-13-5-12(8-19-9-13)11-3-4-14-15(6-11)16(7-18)20-21-17(14)22/h5,8-11,14-16,20H,3-4,6-7,18H2,1-2H3,(H,21,22). The fraction of sp³-hybridized carbons (Fsp3) is 0.647. The Morgan fingerprint density at radius 2 is 2.22 bits per heavy atom. The van der Waals surface area contributed by atoms with Crippen molar-refractivity contribution >= 4 is 5.91 Å². The number of carbonyl (C=O) groups is 1. The Labute approximate surface area is 137 Å². The highest BCUT2D eigenvalue weighted by Gasteiger charge is 2.42. The van der Waals surface area contributed by atoms with Gasteiger partial charge >= 0.3 is 0 Å². The highest BCUT2D eigenvalue weighted by atomic mass is 16.5. The van der Waals surface area contributed by atoms with Crippen LogP contribution in [-0.4, -0.2) is 29.6 Å². The molecule has 6 heteroatoms. The summed E-state index contributed by atoms with van der Waals surface area (Å²) in [4.78, 5) is 16.4. The van der Waals surface area contributed by atoms with Gasteiger partial charge in [0.05, 0.1) is 12.3 Å².